The summed E-state index contributed by atoms with van der Waals surface area (Å²) in [6.45, 7) is 2.83. The van der Waals surface area contributed by atoms with Crippen molar-refractivity contribution < 1.29 is 9.53 Å². The van der Waals surface area contributed by atoms with Crippen molar-refractivity contribution in [2.45, 2.75) is 45.4 Å². The van der Waals surface area contributed by atoms with Crippen molar-refractivity contribution in [3.63, 3.8) is 0 Å². The van der Waals surface area contributed by atoms with Gasteiger partial charge in [0.25, 0.3) is 0 Å². The Balaban J connectivity index is 2.17. The fourth-order valence-electron chi connectivity index (χ4n) is 1.78. The fourth-order valence-corrected chi connectivity index (χ4v) is 1.78. The number of nitrogens with one attached hydrogen (secondary N) is 1. The van der Waals surface area contributed by atoms with Crippen LogP contribution in [0.3, 0.4) is 0 Å². The van der Waals surface area contributed by atoms with Crippen molar-refractivity contribution >= 4 is 5.91 Å². The average Bonchev–Trinajstić information content (AvgIpc) is 2.45. The predicted molar refractivity (Wildman–Crippen MR) is 76.7 cm³/mol. The Labute approximate surface area is 115 Å². The first-order valence-corrected chi connectivity index (χ1v) is 6.97. The maximum absolute atomic E-state index is 10.9. The number of hydrazine groups is 1. The number of amides is 1. The molecule has 0 aliphatic heterocycles. The van der Waals surface area contributed by atoms with Gasteiger partial charge in [-0.1, -0.05) is 25.5 Å². The van der Waals surface area contributed by atoms with Crippen LogP contribution in [-0.4, -0.2) is 12.5 Å². The number of aryl methyl sites for hydroxylation is 1. The molecule has 0 aliphatic rings. The third kappa shape index (κ3) is 6.82. The van der Waals surface area contributed by atoms with Crippen molar-refractivity contribution in [3.8, 4) is 5.75 Å². The number of benzene rings is 1. The van der Waals surface area contributed by atoms with Crippen LogP contribution >= 0.6 is 0 Å². The topological polar surface area (TPSA) is 64.3 Å². The van der Waals surface area contributed by atoms with Crippen molar-refractivity contribution in [1.82, 2.24) is 5.43 Å². The zero-order valence-corrected chi connectivity index (χ0v) is 11.7. The number of unbranched alkanes of at least 4 members (excludes halogenated alkanes) is 2. The molecule has 0 radical (unpaired) electrons. The van der Waals surface area contributed by atoms with Crippen LogP contribution in [-0.2, 0) is 11.2 Å². The molecule has 0 fully saturated rings. The zero-order chi connectivity index (χ0) is 13.9. The van der Waals surface area contributed by atoms with Gasteiger partial charge >= 0.3 is 0 Å². The molecular formula is C15H24N2O2. The van der Waals surface area contributed by atoms with E-state index in [1.807, 2.05) is 12.1 Å². The van der Waals surface area contributed by atoms with Gasteiger partial charge in [-0.05, 0) is 43.4 Å². The van der Waals surface area contributed by atoms with Crippen LogP contribution in [0.25, 0.3) is 0 Å². The molecule has 0 aromatic heterocycles. The van der Waals surface area contributed by atoms with Crippen LogP contribution < -0.4 is 16.0 Å². The molecule has 4 heteroatoms. The summed E-state index contributed by atoms with van der Waals surface area (Å²) in [4.78, 5) is 10.9. The van der Waals surface area contributed by atoms with E-state index in [1.54, 1.807) is 0 Å². The van der Waals surface area contributed by atoms with E-state index in [0.29, 0.717) is 13.0 Å². The monoisotopic (exact) mass is 264 g/mol. The van der Waals surface area contributed by atoms with E-state index < -0.39 is 0 Å². The van der Waals surface area contributed by atoms with Gasteiger partial charge in [-0.2, -0.15) is 0 Å². The molecular weight excluding hydrogens is 240 g/mol. The number of ether oxygens (including phenoxy) is 1. The Hall–Kier alpha value is -1.55. The largest absolute Gasteiger partial charge is 0.494 e. The molecule has 0 unspecified atom stereocenters. The van der Waals surface area contributed by atoms with Crippen LogP contribution in [0.2, 0.25) is 0 Å². The lowest BCUT2D eigenvalue weighted by Gasteiger charge is -2.07. The second kappa shape index (κ2) is 9.39. The van der Waals surface area contributed by atoms with E-state index in [1.165, 1.54) is 18.4 Å². The molecule has 1 aromatic rings. The second-order valence-electron chi connectivity index (χ2n) is 4.62. The number of rotatable bonds is 9. The van der Waals surface area contributed by atoms with Crippen LogP contribution in [0.4, 0.5) is 0 Å². The summed E-state index contributed by atoms with van der Waals surface area (Å²) in [5, 5.41) is 0. The Bertz CT molecular complexity index is 363. The first kappa shape index (κ1) is 15.5. The van der Waals surface area contributed by atoms with Gasteiger partial charge in [0.05, 0.1) is 6.61 Å². The highest BCUT2D eigenvalue weighted by molar-refractivity contribution is 5.75. The molecule has 1 rings (SSSR count). The van der Waals surface area contributed by atoms with E-state index in [0.717, 1.165) is 25.0 Å². The van der Waals surface area contributed by atoms with E-state index in [2.05, 4.69) is 24.5 Å². The molecule has 0 saturated heterocycles. The van der Waals surface area contributed by atoms with Crippen molar-refractivity contribution in [1.29, 1.82) is 0 Å². The molecule has 0 heterocycles. The Morgan fingerprint density at radius 3 is 2.58 bits per heavy atom. The zero-order valence-electron chi connectivity index (χ0n) is 11.7. The summed E-state index contributed by atoms with van der Waals surface area (Å²) in [5.41, 5.74) is 3.47. The molecule has 106 valence electrons. The van der Waals surface area contributed by atoms with Crippen LogP contribution in [0.1, 0.15) is 44.6 Å². The van der Waals surface area contributed by atoms with Crippen LogP contribution in [0.15, 0.2) is 24.3 Å². The minimum absolute atomic E-state index is 0.125. The van der Waals surface area contributed by atoms with Gasteiger partial charge in [0.1, 0.15) is 5.75 Å². The standard InChI is InChI=1S/C15H24N2O2/c1-2-3-6-13-8-10-14(11-9-13)19-12-5-4-7-15(18)17-16/h8-11H,2-7,12,16H2,1H3,(H,17,18). The van der Waals surface area contributed by atoms with Gasteiger partial charge in [-0.3, -0.25) is 10.2 Å². The predicted octanol–water partition coefficient (Wildman–Crippen LogP) is 2.57. The highest BCUT2D eigenvalue weighted by Crippen LogP contribution is 2.14. The summed E-state index contributed by atoms with van der Waals surface area (Å²) in [7, 11) is 0. The molecule has 4 nitrogen and oxygen atoms in total. The average molecular weight is 264 g/mol. The summed E-state index contributed by atoms with van der Waals surface area (Å²) in [5.74, 6) is 5.76. The van der Waals surface area contributed by atoms with Gasteiger partial charge in [0.2, 0.25) is 5.91 Å². The third-order valence-corrected chi connectivity index (χ3v) is 2.97. The quantitative estimate of drug-likeness (QED) is 0.312. The lowest BCUT2D eigenvalue weighted by atomic mass is 10.1. The van der Waals surface area contributed by atoms with E-state index in [4.69, 9.17) is 10.6 Å². The smallest absolute Gasteiger partial charge is 0.233 e. The highest BCUT2D eigenvalue weighted by atomic mass is 16.5. The minimum Gasteiger partial charge on any atom is -0.494 e. The van der Waals surface area contributed by atoms with Gasteiger partial charge in [-0.25, -0.2) is 5.84 Å². The normalized spacial score (nSPS) is 10.2. The number of hydrogen-bond acceptors (Lipinski definition) is 3. The van der Waals surface area contributed by atoms with Gasteiger partial charge in [0.15, 0.2) is 0 Å². The molecule has 3 N–H and O–H groups in total. The van der Waals surface area contributed by atoms with Gasteiger partial charge in [-0.15, -0.1) is 0 Å². The van der Waals surface area contributed by atoms with Crippen molar-refractivity contribution in [2.75, 3.05) is 6.61 Å². The Morgan fingerprint density at radius 2 is 1.95 bits per heavy atom. The Morgan fingerprint density at radius 1 is 1.21 bits per heavy atom. The van der Waals surface area contributed by atoms with Crippen molar-refractivity contribution in [3.05, 3.63) is 29.8 Å². The lowest BCUT2D eigenvalue weighted by Crippen LogP contribution is -2.29. The van der Waals surface area contributed by atoms with Gasteiger partial charge < -0.3 is 4.74 Å². The molecule has 1 aromatic carbocycles. The SMILES string of the molecule is CCCCc1ccc(OCCCCC(=O)NN)cc1. The number of nitrogens with two attached hydrogens (primary N) is 1. The number of hydrogen-bond donors (Lipinski definition) is 2. The molecule has 0 atom stereocenters. The van der Waals surface area contributed by atoms with Gasteiger partial charge in [0, 0.05) is 6.42 Å². The first-order valence-electron chi connectivity index (χ1n) is 6.97. The molecule has 0 bridgehead atoms. The van der Waals surface area contributed by atoms with Crippen LogP contribution in [0.5, 0.6) is 5.75 Å². The van der Waals surface area contributed by atoms with E-state index in [9.17, 15) is 4.79 Å². The first-order chi connectivity index (χ1) is 9.26. The summed E-state index contributed by atoms with van der Waals surface area (Å²) in [6, 6.07) is 8.26. The molecule has 19 heavy (non-hydrogen) atoms. The molecule has 1 amide bonds. The van der Waals surface area contributed by atoms with E-state index >= 15 is 0 Å². The maximum Gasteiger partial charge on any atom is 0.233 e. The molecule has 0 saturated carbocycles. The van der Waals surface area contributed by atoms with Crippen molar-refractivity contribution in [2.24, 2.45) is 5.84 Å². The van der Waals surface area contributed by atoms with E-state index in [-0.39, 0.29) is 5.91 Å². The number of carbonyl (C=O) groups is 1. The lowest BCUT2D eigenvalue weighted by molar-refractivity contribution is -0.121. The summed E-state index contributed by atoms with van der Waals surface area (Å²) >= 11 is 0. The second-order valence-corrected chi connectivity index (χ2v) is 4.62. The summed E-state index contributed by atoms with van der Waals surface area (Å²) in [6.07, 6.45) is 5.67. The Kier molecular flexibility index (Phi) is 7.66. The summed E-state index contributed by atoms with van der Waals surface area (Å²) < 4.78 is 5.62. The third-order valence-electron chi connectivity index (χ3n) is 2.97. The number of carbonyl (C=O) groups excluding carboxylic acids is 1. The van der Waals surface area contributed by atoms with Crippen LogP contribution in [0, 0.1) is 0 Å². The highest BCUT2D eigenvalue weighted by Gasteiger charge is 1.99. The minimum atomic E-state index is -0.125. The fraction of sp³-hybridized carbons (Fsp3) is 0.533. The molecule has 0 spiro atoms. The maximum atomic E-state index is 10.9. The molecule has 0 aliphatic carbocycles.